The molecule has 0 unspecified atom stereocenters. The van der Waals surface area contributed by atoms with Crippen molar-refractivity contribution < 1.29 is 33.7 Å². The topological polar surface area (TPSA) is 134 Å². The number of nitrogens with zero attached hydrogens (tertiary/aromatic N) is 3. The second-order valence-electron chi connectivity index (χ2n) is 14.4. The Balaban J connectivity index is 1.64. The summed E-state index contributed by atoms with van der Waals surface area (Å²) < 4.78 is 25.6. The van der Waals surface area contributed by atoms with Gasteiger partial charge in [-0.3, -0.25) is 0 Å². The number of hydrogen-bond donors (Lipinski definition) is 3. The second kappa shape index (κ2) is 14.8. The van der Waals surface area contributed by atoms with E-state index in [1.807, 2.05) is 45.0 Å². The number of pyridine rings is 2. The number of ether oxygens (including phenoxy) is 2. The Kier molecular flexibility index (Phi) is 10.8. The molecule has 5 rings (SSSR count). The van der Waals surface area contributed by atoms with Gasteiger partial charge in [0.05, 0.1) is 17.9 Å². The first kappa shape index (κ1) is 36.3. The number of carbonyl (C=O) groups is 2. The number of halogens is 1. The zero-order valence-corrected chi connectivity index (χ0v) is 29.4. The highest BCUT2D eigenvalue weighted by Crippen LogP contribution is 2.47. The van der Waals surface area contributed by atoms with Crippen LogP contribution in [0, 0.1) is 18.2 Å². The molecule has 1 fully saturated rings. The molecule has 264 valence electrons. The predicted octanol–water partition coefficient (Wildman–Crippen LogP) is 8.22. The van der Waals surface area contributed by atoms with E-state index in [2.05, 4.69) is 29.0 Å². The summed E-state index contributed by atoms with van der Waals surface area (Å²) in [6.07, 6.45) is 2.48. The zero-order valence-electron chi connectivity index (χ0n) is 29.4. The lowest BCUT2D eigenvalue weighted by Gasteiger charge is -2.41. The molecule has 0 radical (unpaired) electrons. The van der Waals surface area contributed by atoms with Crippen LogP contribution >= 0.6 is 0 Å². The number of aromatic carboxylic acids is 1. The Morgan fingerprint density at radius 2 is 1.68 bits per heavy atom. The second-order valence-corrected chi connectivity index (χ2v) is 14.4. The van der Waals surface area contributed by atoms with Crippen molar-refractivity contribution in [2.45, 2.75) is 72.5 Å². The van der Waals surface area contributed by atoms with Crippen molar-refractivity contribution >= 4 is 29.1 Å². The molecule has 0 aliphatic carbocycles. The Morgan fingerprint density at radius 3 is 2.28 bits per heavy atom. The molecule has 3 heterocycles. The maximum absolute atomic E-state index is 13.3. The number of aliphatic carboxylic acids is 1. The molecule has 2 aromatic heterocycles. The molecular formula is C39H45FN4O6. The van der Waals surface area contributed by atoms with Crippen molar-refractivity contribution in [1.29, 1.82) is 0 Å². The van der Waals surface area contributed by atoms with Crippen LogP contribution in [0.2, 0.25) is 0 Å². The summed E-state index contributed by atoms with van der Waals surface area (Å²) in [6.45, 7) is 13.5. The number of benzene rings is 2. The number of anilines is 3. The molecule has 1 aliphatic rings. The molecule has 10 nitrogen and oxygen atoms in total. The Labute approximate surface area is 292 Å². The number of nitrogens with one attached hydrogen (secondary N) is 1. The summed E-state index contributed by atoms with van der Waals surface area (Å²) in [5.41, 5.74) is 3.68. The van der Waals surface area contributed by atoms with Gasteiger partial charge in [0.15, 0.2) is 6.10 Å². The van der Waals surface area contributed by atoms with Gasteiger partial charge < -0.3 is 29.9 Å². The van der Waals surface area contributed by atoms with Crippen molar-refractivity contribution in [1.82, 2.24) is 9.97 Å². The average Bonchev–Trinajstić information content (AvgIpc) is 3.05. The zero-order chi connectivity index (χ0) is 36.2. The monoisotopic (exact) mass is 684 g/mol. The van der Waals surface area contributed by atoms with E-state index in [4.69, 9.17) is 14.5 Å². The predicted molar refractivity (Wildman–Crippen MR) is 191 cm³/mol. The number of carboxylic acid groups (broad SMARTS) is 2. The Hall–Kier alpha value is -5.03. The maximum Gasteiger partial charge on any atom is 0.354 e. The van der Waals surface area contributed by atoms with E-state index in [1.165, 1.54) is 24.4 Å². The largest absolute Gasteiger partial charge is 0.493 e. The van der Waals surface area contributed by atoms with E-state index >= 15 is 0 Å². The van der Waals surface area contributed by atoms with Crippen LogP contribution in [-0.2, 0) is 16.0 Å². The summed E-state index contributed by atoms with van der Waals surface area (Å²) in [6, 6.07) is 16.9. The Morgan fingerprint density at radius 1 is 1.02 bits per heavy atom. The quantitative estimate of drug-likeness (QED) is 0.134. The van der Waals surface area contributed by atoms with Crippen LogP contribution in [-0.4, -0.2) is 57.4 Å². The highest BCUT2D eigenvalue weighted by molar-refractivity contribution is 5.94. The molecule has 11 heteroatoms. The standard InChI is InChI=1S/C39H45FN4O6/c1-24-31(34(37(47)48)50-38(2,3)4)33(44-20-17-39(5,6)18-21-44)32(35(42-24)43-28-15-19-41-30(23-28)36(45)46)26-9-13-29(14-10-26)49-22-16-25-7-11-27(40)12-8-25/h7-15,19,23,34H,16-18,20-22H2,1-6H3,(H,45,46)(H,47,48)(H,41,42,43)/t34-/m0/s1. The van der Waals surface area contributed by atoms with E-state index in [9.17, 15) is 24.2 Å². The molecule has 50 heavy (non-hydrogen) atoms. The van der Waals surface area contributed by atoms with Gasteiger partial charge in [-0.15, -0.1) is 0 Å². The first-order valence-electron chi connectivity index (χ1n) is 16.7. The molecule has 1 saturated heterocycles. The molecule has 2 aromatic carbocycles. The van der Waals surface area contributed by atoms with Crippen molar-refractivity contribution in [2.75, 3.05) is 29.9 Å². The van der Waals surface area contributed by atoms with Gasteiger partial charge in [0.2, 0.25) is 0 Å². The van der Waals surface area contributed by atoms with Gasteiger partial charge in [-0.25, -0.2) is 23.9 Å². The fraction of sp³-hybridized carbons (Fsp3) is 0.385. The van der Waals surface area contributed by atoms with Gasteiger partial charge in [-0.1, -0.05) is 38.1 Å². The van der Waals surface area contributed by atoms with Crippen LogP contribution in [0.4, 0.5) is 21.6 Å². The summed E-state index contributed by atoms with van der Waals surface area (Å²) in [5.74, 6) is -1.51. The van der Waals surface area contributed by atoms with E-state index in [-0.39, 0.29) is 16.9 Å². The van der Waals surface area contributed by atoms with Crippen LogP contribution in [0.25, 0.3) is 11.1 Å². The fourth-order valence-electron chi connectivity index (χ4n) is 6.05. The van der Waals surface area contributed by atoms with Crippen LogP contribution in [0.5, 0.6) is 5.75 Å². The van der Waals surface area contributed by atoms with E-state index in [0.29, 0.717) is 65.9 Å². The van der Waals surface area contributed by atoms with Gasteiger partial charge in [0.25, 0.3) is 0 Å². The van der Waals surface area contributed by atoms with E-state index in [1.54, 1.807) is 25.1 Å². The number of rotatable bonds is 12. The minimum Gasteiger partial charge on any atom is -0.493 e. The van der Waals surface area contributed by atoms with Crippen molar-refractivity contribution in [2.24, 2.45) is 5.41 Å². The SMILES string of the molecule is Cc1nc(Nc2ccnc(C(=O)O)c2)c(-c2ccc(OCCc3ccc(F)cc3)cc2)c(N2CCC(C)(C)CC2)c1[C@H](OC(C)(C)C)C(=O)O. The minimum absolute atomic E-state index is 0.116. The van der Waals surface area contributed by atoms with E-state index < -0.39 is 23.6 Å². The maximum atomic E-state index is 13.3. The number of carboxylic acids is 2. The molecule has 4 aromatic rings. The molecule has 1 aliphatic heterocycles. The van der Waals surface area contributed by atoms with Gasteiger partial charge in [-0.2, -0.15) is 0 Å². The van der Waals surface area contributed by atoms with E-state index in [0.717, 1.165) is 24.0 Å². The minimum atomic E-state index is -1.31. The third kappa shape index (κ3) is 8.95. The molecule has 0 bridgehead atoms. The number of aryl methyl sites for hydroxylation is 1. The third-order valence-electron chi connectivity index (χ3n) is 8.75. The van der Waals surface area contributed by atoms with Gasteiger partial charge in [0.1, 0.15) is 23.1 Å². The summed E-state index contributed by atoms with van der Waals surface area (Å²) in [5, 5.41) is 23.5. The van der Waals surface area contributed by atoms with Crippen molar-refractivity contribution in [3.05, 3.63) is 95.2 Å². The van der Waals surface area contributed by atoms with Gasteiger partial charge >= 0.3 is 11.9 Å². The lowest BCUT2D eigenvalue weighted by atomic mass is 9.82. The first-order valence-corrected chi connectivity index (χ1v) is 16.7. The lowest BCUT2D eigenvalue weighted by Crippen LogP contribution is -2.39. The first-order chi connectivity index (χ1) is 23.6. The molecule has 0 saturated carbocycles. The van der Waals surface area contributed by atoms with Crippen LogP contribution in [0.15, 0.2) is 66.9 Å². The average molecular weight is 685 g/mol. The van der Waals surface area contributed by atoms with Gasteiger partial charge in [0, 0.05) is 48.2 Å². The number of piperidine rings is 1. The van der Waals surface area contributed by atoms with Crippen molar-refractivity contribution in [3.8, 4) is 16.9 Å². The summed E-state index contributed by atoms with van der Waals surface area (Å²) in [4.78, 5) is 35.8. The lowest BCUT2D eigenvalue weighted by molar-refractivity contribution is -0.160. The molecule has 0 spiro atoms. The van der Waals surface area contributed by atoms with Crippen molar-refractivity contribution in [3.63, 3.8) is 0 Å². The molecule has 1 atom stereocenters. The molecule has 3 N–H and O–H groups in total. The molecular weight excluding hydrogens is 639 g/mol. The normalized spacial score (nSPS) is 15.0. The Bertz CT molecular complexity index is 1830. The summed E-state index contributed by atoms with van der Waals surface area (Å²) in [7, 11) is 0. The summed E-state index contributed by atoms with van der Waals surface area (Å²) >= 11 is 0. The highest BCUT2D eigenvalue weighted by Gasteiger charge is 2.37. The fourth-order valence-corrected chi connectivity index (χ4v) is 6.05. The smallest absolute Gasteiger partial charge is 0.354 e. The van der Waals surface area contributed by atoms with Crippen LogP contribution < -0.4 is 15.0 Å². The van der Waals surface area contributed by atoms with Gasteiger partial charge in [-0.05, 0) is 93.5 Å². The number of hydrogen-bond acceptors (Lipinski definition) is 8. The van der Waals surface area contributed by atoms with Crippen LogP contribution in [0.1, 0.15) is 80.9 Å². The highest BCUT2D eigenvalue weighted by atomic mass is 19.1. The van der Waals surface area contributed by atoms with Crippen LogP contribution in [0.3, 0.4) is 0 Å². The third-order valence-corrected chi connectivity index (χ3v) is 8.75. The molecule has 0 amide bonds. The number of aromatic nitrogens is 2.